The van der Waals surface area contributed by atoms with Crippen LogP contribution < -0.4 is 0 Å². The van der Waals surface area contributed by atoms with Crippen molar-refractivity contribution in [1.29, 1.82) is 0 Å². The molecule has 0 amide bonds. The Labute approximate surface area is 147 Å². The number of ketones is 1. The number of hydrogen-bond acceptors (Lipinski definition) is 1. The van der Waals surface area contributed by atoms with Gasteiger partial charge in [-0.05, 0) is 16.7 Å². The molecule has 0 radical (unpaired) electrons. The molecule has 0 N–H and O–H groups in total. The number of carbonyl (C=O) groups is 1. The van der Waals surface area contributed by atoms with Crippen molar-refractivity contribution >= 4 is 17.4 Å². The molecule has 0 aliphatic carbocycles. The molecule has 0 aromatic heterocycles. The third-order valence-corrected chi connectivity index (χ3v) is 4.88. The summed E-state index contributed by atoms with van der Waals surface area (Å²) in [6.45, 7) is 1.89. The summed E-state index contributed by atoms with van der Waals surface area (Å²) in [5.74, 6) is -0.213. The summed E-state index contributed by atoms with van der Waals surface area (Å²) in [5.41, 5.74) is 3.92. The molecule has 24 heavy (non-hydrogen) atoms. The van der Waals surface area contributed by atoms with Gasteiger partial charge in [0.05, 0.1) is 5.38 Å². The highest BCUT2D eigenvalue weighted by Gasteiger charge is 2.24. The molecule has 2 atom stereocenters. The first-order valence-electron chi connectivity index (χ1n) is 8.05. The monoisotopic (exact) mass is 334 g/mol. The lowest BCUT2D eigenvalue weighted by atomic mass is 9.91. The Kier molecular flexibility index (Phi) is 5.12. The Hall–Kier alpha value is -2.38. The standard InChI is InChI=1S/C22H19ClO/c1-16(21(23)19-10-6-3-7-11-19)22(24)20-14-12-18(13-15-20)17-8-4-2-5-9-17/h2-16,21H,1H3/t16-,21+/m0/s1. The average molecular weight is 335 g/mol. The van der Waals surface area contributed by atoms with E-state index in [4.69, 9.17) is 11.6 Å². The fraction of sp³-hybridized carbons (Fsp3) is 0.136. The molecule has 2 heteroatoms. The predicted octanol–water partition coefficient (Wildman–Crippen LogP) is 6.15. The smallest absolute Gasteiger partial charge is 0.167 e. The first-order valence-corrected chi connectivity index (χ1v) is 8.49. The van der Waals surface area contributed by atoms with Crippen LogP contribution in [0.4, 0.5) is 0 Å². The Morgan fingerprint density at radius 3 is 1.83 bits per heavy atom. The van der Waals surface area contributed by atoms with Gasteiger partial charge in [0.15, 0.2) is 5.78 Å². The minimum Gasteiger partial charge on any atom is -0.294 e. The van der Waals surface area contributed by atoms with Gasteiger partial charge in [0.1, 0.15) is 0 Å². The van der Waals surface area contributed by atoms with Crippen LogP contribution in [0.3, 0.4) is 0 Å². The first-order chi connectivity index (χ1) is 11.7. The molecule has 3 rings (SSSR count). The van der Waals surface area contributed by atoms with Crippen LogP contribution in [0.2, 0.25) is 0 Å². The molecule has 0 unspecified atom stereocenters. The lowest BCUT2D eigenvalue weighted by molar-refractivity contribution is 0.0926. The second kappa shape index (κ2) is 7.46. The largest absolute Gasteiger partial charge is 0.294 e. The molecule has 3 aromatic rings. The molecule has 0 saturated heterocycles. The second-order valence-corrected chi connectivity index (χ2v) is 6.38. The van der Waals surface area contributed by atoms with E-state index in [1.165, 1.54) is 0 Å². The van der Waals surface area contributed by atoms with Gasteiger partial charge in [-0.25, -0.2) is 0 Å². The summed E-state index contributed by atoms with van der Waals surface area (Å²) in [5, 5.41) is -0.326. The molecule has 0 bridgehead atoms. The van der Waals surface area contributed by atoms with Crippen LogP contribution in [0.5, 0.6) is 0 Å². The van der Waals surface area contributed by atoms with Gasteiger partial charge in [0.25, 0.3) is 0 Å². The fourth-order valence-electron chi connectivity index (χ4n) is 2.78. The Morgan fingerprint density at radius 1 is 0.750 bits per heavy atom. The van der Waals surface area contributed by atoms with Crippen LogP contribution in [0, 0.1) is 5.92 Å². The number of rotatable bonds is 5. The first kappa shape index (κ1) is 16.5. The van der Waals surface area contributed by atoms with Gasteiger partial charge in [-0.15, -0.1) is 11.6 Å². The molecular weight excluding hydrogens is 316 g/mol. The van der Waals surface area contributed by atoms with Gasteiger partial charge in [0.2, 0.25) is 0 Å². The van der Waals surface area contributed by atoms with Crippen LogP contribution in [-0.4, -0.2) is 5.78 Å². The lowest BCUT2D eigenvalue weighted by Gasteiger charge is -2.17. The van der Waals surface area contributed by atoms with Crippen molar-refractivity contribution in [1.82, 2.24) is 0 Å². The van der Waals surface area contributed by atoms with Crippen molar-refractivity contribution in [3.63, 3.8) is 0 Å². The zero-order valence-electron chi connectivity index (χ0n) is 13.5. The maximum atomic E-state index is 12.7. The number of carbonyl (C=O) groups excluding carboxylic acids is 1. The topological polar surface area (TPSA) is 17.1 Å². The quantitative estimate of drug-likeness (QED) is 0.404. The van der Waals surface area contributed by atoms with Crippen LogP contribution >= 0.6 is 11.6 Å². The number of Topliss-reactive ketones (excluding diaryl/α,β-unsaturated/α-hetero) is 1. The Balaban J connectivity index is 1.77. The van der Waals surface area contributed by atoms with E-state index >= 15 is 0 Å². The Morgan fingerprint density at radius 2 is 1.25 bits per heavy atom. The van der Waals surface area contributed by atoms with Crippen molar-refractivity contribution in [3.05, 3.63) is 96.1 Å². The molecule has 3 aromatic carbocycles. The van der Waals surface area contributed by atoms with Crippen molar-refractivity contribution < 1.29 is 4.79 Å². The summed E-state index contributed by atoms with van der Waals surface area (Å²) in [6.07, 6.45) is 0. The lowest BCUT2D eigenvalue weighted by Crippen LogP contribution is -2.16. The molecular formula is C22H19ClO. The van der Waals surface area contributed by atoms with Crippen molar-refractivity contribution in [3.8, 4) is 11.1 Å². The van der Waals surface area contributed by atoms with Crippen LogP contribution in [0.1, 0.15) is 28.2 Å². The van der Waals surface area contributed by atoms with Crippen molar-refractivity contribution in [2.45, 2.75) is 12.3 Å². The summed E-state index contributed by atoms with van der Waals surface area (Å²) >= 11 is 6.51. The molecule has 0 saturated carbocycles. The SMILES string of the molecule is C[C@H](C(=O)c1ccc(-c2ccccc2)cc1)[C@@H](Cl)c1ccccc1. The van der Waals surface area contributed by atoms with E-state index in [0.717, 1.165) is 16.7 Å². The van der Waals surface area contributed by atoms with Gasteiger partial charge in [0, 0.05) is 11.5 Å². The number of alkyl halides is 1. The van der Waals surface area contributed by atoms with Crippen LogP contribution in [-0.2, 0) is 0 Å². The number of benzene rings is 3. The Bertz CT molecular complexity index is 794. The highest BCUT2D eigenvalue weighted by Crippen LogP contribution is 2.31. The number of hydrogen-bond donors (Lipinski definition) is 0. The van der Waals surface area contributed by atoms with Gasteiger partial charge in [-0.2, -0.15) is 0 Å². The van der Waals surface area contributed by atoms with Crippen molar-refractivity contribution in [2.75, 3.05) is 0 Å². The highest BCUT2D eigenvalue weighted by atomic mass is 35.5. The van der Waals surface area contributed by atoms with E-state index in [0.29, 0.717) is 5.56 Å². The van der Waals surface area contributed by atoms with E-state index in [9.17, 15) is 4.79 Å². The van der Waals surface area contributed by atoms with E-state index in [1.807, 2.05) is 79.7 Å². The maximum Gasteiger partial charge on any atom is 0.167 e. The van der Waals surface area contributed by atoms with E-state index < -0.39 is 0 Å². The molecule has 0 aliphatic heterocycles. The molecule has 1 nitrogen and oxygen atoms in total. The zero-order valence-corrected chi connectivity index (χ0v) is 14.3. The maximum absolute atomic E-state index is 12.7. The average Bonchev–Trinajstić information content (AvgIpc) is 2.68. The number of halogens is 1. The normalized spacial score (nSPS) is 13.2. The highest BCUT2D eigenvalue weighted by molar-refractivity contribution is 6.23. The molecule has 0 aliphatic rings. The molecule has 0 heterocycles. The van der Waals surface area contributed by atoms with Crippen molar-refractivity contribution in [2.24, 2.45) is 5.92 Å². The summed E-state index contributed by atoms with van der Waals surface area (Å²) in [4.78, 5) is 12.7. The van der Waals surface area contributed by atoms with Gasteiger partial charge in [-0.1, -0.05) is 91.9 Å². The minimum absolute atomic E-state index is 0.0680. The predicted molar refractivity (Wildman–Crippen MR) is 100 cm³/mol. The third kappa shape index (κ3) is 3.58. The molecule has 0 spiro atoms. The molecule has 120 valence electrons. The minimum atomic E-state index is -0.326. The fourth-order valence-corrected chi connectivity index (χ4v) is 3.04. The summed E-state index contributed by atoms with van der Waals surface area (Å²) in [6, 6.07) is 27.6. The van der Waals surface area contributed by atoms with Crippen LogP contribution in [0.15, 0.2) is 84.9 Å². The molecule has 0 fully saturated rings. The van der Waals surface area contributed by atoms with Gasteiger partial charge >= 0.3 is 0 Å². The third-order valence-electron chi connectivity index (χ3n) is 4.25. The second-order valence-electron chi connectivity index (χ2n) is 5.91. The van der Waals surface area contributed by atoms with E-state index in [1.54, 1.807) is 0 Å². The summed E-state index contributed by atoms with van der Waals surface area (Å²) < 4.78 is 0. The van der Waals surface area contributed by atoms with E-state index in [2.05, 4.69) is 12.1 Å². The summed E-state index contributed by atoms with van der Waals surface area (Å²) in [7, 11) is 0. The van der Waals surface area contributed by atoms with E-state index in [-0.39, 0.29) is 17.1 Å². The van der Waals surface area contributed by atoms with Gasteiger partial charge < -0.3 is 0 Å². The van der Waals surface area contributed by atoms with Gasteiger partial charge in [-0.3, -0.25) is 4.79 Å². The zero-order chi connectivity index (χ0) is 16.9. The van der Waals surface area contributed by atoms with Crippen LogP contribution in [0.25, 0.3) is 11.1 Å².